The summed E-state index contributed by atoms with van der Waals surface area (Å²) >= 11 is 0. The molecular formula is C26H29F7N2O2. The number of alkyl halides is 6. The molecule has 4 nitrogen and oxygen atoms in total. The maximum Gasteiger partial charge on any atom is 0.416 e. The van der Waals surface area contributed by atoms with Crippen molar-refractivity contribution >= 4 is 0 Å². The van der Waals surface area contributed by atoms with E-state index in [2.05, 4.69) is 9.80 Å². The highest BCUT2D eigenvalue weighted by atomic mass is 19.4. The number of nitrogens with zero attached hydrogens (tertiary/aromatic N) is 2. The van der Waals surface area contributed by atoms with Gasteiger partial charge in [-0.25, -0.2) is 4.39 Å². The van der Waals surface area contributed by atoms with E-state index in [1.165, 1.54) is 12.1 Å². The van der Waals surface area contributed by atoms with Crippen molar-refractivity contribution in [1.29, 1.82) is 0 Å². The molecule has 0 amide bonds. The molecule has 0 saturated carbocycles. The van der Waals surface area contributed by atoms with E-state index in [1.54, 1.807) is 12.1 Å². The lowest BCUT2D eigenvalue weighted by atomic mass is 10.0. The summed E-state index contributed by atoms with van der Waals surface area (Å²) in [5.41, 5.74) is -2.10. The Kier molecular flexibility index (Phi) is 8.77. The summed E-state index contributed by atoms with van der Waals surface area (Å²) in [6, 6.07) is 7.07. The second-order valence-corrected chi connectivity index (χ2v) is 9.36. The van der Waals surface area contributed by atoms with Gasteiger partial charge in [0, 0.05) is 19.6 Å². The molecular weight excluding hydrogens is 505 g/mol. The van der Waals surface area contributed by atoms with Gasteiger partial charge in [0.25, 0.3) is 0 Å². The van der Waals surface area contributed by atoms with Crippen molar-refractivity contribution in [3.8, 4) is 0 Å². The number of hydrogen-bond acceptors (Lipinski definition) is 4. The van der Waals surface area contributed by atoms with Crippen molar-refractivity contribution in [3.63, 3.8) is 0 Å². The molecule has 2 atom stereocenters. The van der Waals surface area contributed by atoms with E-state index >= 15 is 0 Å². The Morgan fingerprint density at radius 2 is 1.46 bits per heavy atom. The van der Waals surface area contributed by atoms with Gasteiger partial charge in [0.1, 0.15) is 5.82 Å². The smallest absolute Gasteiger partial charge is 0.350 e. The Bertz CT molecular complexity index is 989. The minimum atomic E-state index is -4.91. The SMILES string of the molecule is Fc1ccc([C@H]2[C@H](OCCc3cc(C(F)(F)F)cc(C(F)(F)F)c3)OCCN2CCN2CCCC2)cc1. The van der Waals surface area contributed by atoms with E-state index < -0.39 is 41.6 Å². The number of ether oxygens (including phenoxy) is 2. The fraction of sp³-hybridized carbons (Fsp3) is 0.538. The first-order valence-corrected chi connectivity index (χ1v) is 12.2. The summed E-state index contributed by atoms with van der Waals surface area (Å²) in [6.07, 6.45) is -8.49. The fourth-order valence-corrected chi connectivity index (χ4v) is 4.84. The van der Waals surface area contributed by atoms with E-state index in [0.29, 0.717) is 31.8 Å². The highest BCUT2D eigenvalue weighted by molar-refractivity contribution is 5.33. The summed E-state index contributed by atoms with van der Waals surface area (Å²) in [7, 11) is 0. The summed E-state index contributed by atoms with van der Waals surface area (Å²) < 4.78 is 104. The molecule has 2 saturated heterocycles. The first-order valence-electron chi connectivity index (χ1n) is 12.2. The Morgan fingerprint density at radius 1 is 0.838 bits per heavy atom. The highest BCUT2D eigenvalue weighted by Gasteiger charge is 2.37. The van der Waals surface area contributed by atoms with Crippen molar-refractivity contribution in [2.75, 3.05) is 45.9 Å². The lowest BCUT2D eigenvalue weighted by Gasteiger charge is -2.41. The van der Waals surface area contributed by atoms with Crippen LogP contribution in [-0.4, -0.2) is 62.0 Å². The maximum atomic E-state index is 13.6. The van der Waals surface area contributed by atoms with Crippen molar-refractivity contribution in [3.05, 3.63) is 70.5 Å². The monoisotopic (exact) mass is 534 g/mol. The number of morpholine rings is 1. The number of hydrogen-bond donors (Lipinski definition) is 0. The van der Waals surface area contributed by atoms with Gasteiger partial charge in [-0.1, -0.05) is 12.1 Å². The second-order valence-electron chi connectivity index (χ2n) is 9.36. The van der Waals surface area contributed by atoms with Crippen LogP contribution in [0.3, 0.4) is 0 Å². The van der Waals surface area contributed by atoms with Gasteiger partial charge in [0.05, 0.1) is 30.4 Å². The summed E-state index contributed by atoms with van der Waals surface area (Å²) in [5, 5.41) is 0. The molecule has 2 aromatic carbocycles. The van der Waals surface area contributed by atoms with Gasteiger partial charge in [-0.15, -0.1) is 0 Å². The third kappa shape index (κ3) is 7.43. The predicted octanol–water partition coefficient (Wildman–Crippen LogP) is 5.92. The molecule has 0 aromatic heterocycles. The van der Waals surface area contributed by atoms with Crippen LogP contribution in [0.2, 0.25) is 0 Å². The summed E-state index contributed by atoms with van der Waals surface area (Å²) in [4.78, 5) is 4.53. The van der Waals surface area contributed by atoms with E-state index in [0.717, 1.165) is 38.0 Å². The van der Waals surface area contributed by atoms with Crippen LogP contribution < -0.4 is 0 Å². The molecule has 4 rings (SSSR count). The second kappa shape index (κ2) is 11.7. The molecule has 0 bridgehead atoms. The van der Waals surface area contributed by atoms with Crippen LogP contribution in [-0.2, 0) is 28.2 Å². The van der Waals surface area contributed by atoms with Crippen LogP contribution in [0.15, 0.2) is 42.5 Å². The molecule has 0 aliphatic carbocycles. The van der Waals surface area contributed by atoms with Gasteiger partial charge in [0.15, 0.2) is 6.29 Å². The number of rotatable bonds is 8. The first-order chi connectivity index (χ1) is 17.5. The predicted molar refractivity (Wildman–Crippen MR) is 122 cm³/mol. The standard InChI is InChI=1S/C26H29F7N2O2/c27-22-5-3-19(4-6-22)23-24(37-14-12-35(23)11-10-34-8-1-2-9-34)36-13-7-18-15-20(25(28,29)30)17-21(16-18)26(31,32)33/h3-6,15-17,23-24H,1-2,7-14H2/t23-,24+/m0/s1. The zero-order valence-corrected chi connectivity index (χ0v) is 20.1. The van der Waals surface area contributed by atoms with Crippen molar-refractivity contribution < 1.29 is 40.2 Å². The largest absolute Gasteiger partial charge is 0.416 e. The Hall–Kier alpha value is -2.21. The van der Waals surface area contributed by atoms with Gasteiger partial charge >= 0.3 is 12.4 Å². The Balaban J connectivity index is 1.48. The third-order valence-electron chi connectivity index (χ3n) is 6.75. The molecule has 11 heteroatoms. The van der Waals surface area contributed by atoms with Gasteiger partial charge in [-0.2, -0.15) is 26.3 Å². The van der Waals surface area contributed by atoms with Gasteiger partial charge in [-0.3, -0.25) is 4.90 Å². The van der Waals surface area contributed by atoms with Crippen LogP contribution >= 0.6 is 0 Å². The van der Waals surface area contributed by atoms with Crippen molar-refractivity contribution in [2.24, 2.45) is 0 Å². The lowest BCUT2D eigenvalue weighted by Crippen LogP contribution is -2.48. The topological polar surface area (TPSA) is 24.9 Å². The van der Waals surface area contributed by atoms with E-state index in [9.17, 15) is 30.7 Å². The van der Waals surface area contributed by atoms with Crippen LogP contribution in [0.1, 0.15) is 41.1 Å². The number of benzene rings is 2. The molecule has 0 unspecified atom stereocenters. The normalized spacial score (nSPS) is 22.0. The molecule has 2 aliphatic rings. The molecule has 0 N–H and O–H groups in total. The summed E-state index contributed by atoms with van der Waals surface area (Å²) in [5.74, 6) is -0.397. The Morgan fingerprint density at radius 3 is 2.05 bits per heavy atom. The molecule has 204 valence electrons. The molecule has 0 radical (unpaired) electrons. The van der Waals surface area contributed by atoms with Gasteiger partial charge in [0.2, 0.25) is 0 Å². The van der Waals surface area contributed by atoms with Crippen LogP contribution in [0.5, 0.6) is 0 Å². The molecule has 37 heavy (non-hydrogen) atoms. The minimum Gasteiger partial charge on any atom is -0.350 e. The molecule has 0 spiro atoms. The van der Waals surface area contributed by atoms with Gasteiger partial charge < -0.3 is 14.4 Å². The van der Waals surface area contributed by atoms with E-state index in [-0.39, 0.29) is 24.7 Å². The summed E-state index contributed by atoms with van der Waals surface area (Å²) in [6.45, 7) is 4.43. The highest BCUT2D eigenvalue weighted by Crippen LogP contribution is 2.37. The minimum absolute atomic E-state index is 0.109. The maximum absolute atomic E-state index is 13.6. The third-order valence-corrected chi connectivity index (χ3v) is 6.75. The van der Waals surface area contributed by atoms with Crippen LogP contribution in [0.25, 0.3) is 0 Å². The molecule has 2 aliphatic heterocycles. The molecule has 2 heterocycles. The molecule has 2 fully saturated rings. The fourth-order valence-electron chi connectivity index (χ4n) is 4.84. The van der Waals surface area contributed by atoms with Crippen molar-refractivity contribution in [1.82, 2.24) is 9.80 Å². The molecule has 2 aromatic rings. The zero-order chi connectivity index (χ0) is 26.6. The van der Waals surface area contributed by atoms with Crippen LogP contribution in [0, 0.1) is 5.82 Å². The first kappa shape index (κ1) is 27.8. The van der Waals surface area contributed by atoms with E-state index in [1.807, 2.05) is 0 Å². The number of likely N-dealkylation sites (tertiary alicyclic amines) is 1. The lowest BCUT2D eigenvalue weighted by molar-refractivity contribution is -0.210. The zero-order valence-electron chi connectivity index (χ0n) is 20.1. The average Bonchev–Trinajstić information content (AvgIpc) is 3.36. The van der Waals surface area contributed by atoms with Gasteiger partial charge in [-0.05, 0) is 73.8 Å². The Labute approximate surface area is 210 Å². The van der Waals surface area contributed by atoms with Crippen molar-refractivity contribution in [2.45, 2.75) is 43.9 Å². The van der Waals surface area contributed by atoms with E-state index in [4.69, 9.17) is 9.47 Å². The quantitative estimate of drug-likeness (QED) is 0.393. The number of halogens is 7. The van der Waals surface area contributed by atoms with Crippen LogP contribution in [0.4, 0.5) is 30.7 Å². The average molecular weight is 535 g/mol.